The van der Waals surface area contributed by atoms with Crippen LogP contribution in [0.25, 0.3) is 0 Å². The Morgan fingerprint density at radius 1 is 1.00 bits per heavy atom. The average Bonchev–Trinajstić information content (AvgIpc) is 2.71. The molecule has 1 aliphatic rings. The number of fused-ring (bicyclic) bond motifs is 1. The highest BCUT2D eigenvalue weighted by Gasteiger charge is 2.33. The van der Waals surface area contributed by atoms with E-state index in [4.69, 9.17) is 11.6 Å². The molecule has 1 amide bonds. The van der Waals surface area contributed by atoms with Crippen LogP contribution in [0, 0.1) is 0 Å². The standard InChI is InChI=1S/C22H19ClN2O3/c23-17-12-15(13-19(26)20(17)27)21-24-18-9-5-4-8-16(18)22(28)25(21)11-10-14-6-2-1-3-7-14/h1-9,12-13,21,24,26-27H,10-11H2/t21-/m1/s1. The number of hydrogen-bond acceptors (Lipinski definition) is 4. The molecule has 0 aliphatic carbocycles. The molecule has 142 valence electrons. The zero-order valence-electron chi connectivity index (χ0n) is 15.0. The third-order valence-electron chi connectivity index (χ3n) is 4.89. The van der Waals surface area contributed by atoms with Gasteiger partial charge in [-0.25, -0.2) is 0 Å². The van der Waals surface area contributed by atoms with E-state index in [1.807, 2.05) is 48.5 Å². The molecule has 0 aromatic heterocycles. The molecule has 0 fully saturated rings. The molecule has 0 saturated heterocycles. The molecular weight excluding hydrogens is 376 g/mol. The first kappa shape index (κ1) is 18.2. The van der Waals surface area contributed by atoms with Gasteiger partial charge in [-0.05, 0) is 36.2 Å². The summed E-state index contributed by atoms with van der Waals surface area (Å²) in [5.41, 5.74) is 3.04. The van der Waals surface area contributed by atoms with Crippen LogP contribution in [-0.2, 0) is 6.42 Å². The topological polar surface area (TPSA) is 72.8 Å². The summed E-state index contributed by atoms with van der Waals surface area (Å²) >= 11 is 6.05. The number of aromatic hydroxyl groups is 2. The quantitative estimate of drug-likeness (QED) is 0.567. The molecule has 6 heteroatoms. The van der Waals surface area contributed by atoms with Gasteiger partial charge < -0.3 is 20.4 Å². The summed E-state index contributed by atoms with van der Waals surface area (Å²) < 4.78 is 0. The summed E-state index contributed by atoms with van der Waals surface area (Å²) in [5, 5.41) is 23.2. The molecule has 0 radical (unpaired) electrons. The minimum absolute atomic E-state index is 0.0334. The Balaban J connectivity index is 1.72. The second-order valence-corrected chi connectivity index (χ2v) is 7.10. The number of anilines is 1. The maximum absolute atomic E-state index is 13.2. The van der Waals surface area contributed by atoms with E-state index < -0.39 is 6.17 Å². The fraction of sp³-hybridized carbons (Fsp3) is 0.136. The second-order valence-electron chi connectivity index (χ2n) is 6.70. The highest BCUT2D eigenvalue weighted by Crippen LogP contribution is 2.39. The summed E-state index contributed by atoms with van der Waals surface area (Å²) in [6.45, 7) is 0.480. The number of amides is 1. The summed E-state index contributed by atoms with van der Waals surface area (Å²) in [6.07, 6.45) is 0.167. The summed E-state index contributed by atoms with van der Waals surface area (Å²) in [6, 6.07) is 20.2. The van der Waals surface area contributed by atoms with Gasteiger partial charge in [-0.15, -0.1) is 0 Å². The number of carbonyl (C=O) groups is 1. The molecule has 3 N–H and O–H groups in total. The van der Waals surface area contributed by atoms with Gasteiger partial charge in [0.25, 0.3) is 5.91 Å². The van der Waals surface area contributed by atoms with Gasteiger partial charge in [0.15, 0.2) is 11.5 Å². The van der Waals surface area contributed by atoms with Crippen LogP contribution in [0.2, 0.25) is 5.02 Å². The van der Waals surface area contributed by atoms with Gasteiger partial charge in [-0.2, -0.15) is 0 Å². The van der Waals surface area contributed by atoms with Crippen molar-refractivity contribution >= 4 is 23.2 Å². The van der Waals surface area contributed by atoms with Crippen molar-refractivity contribution in [2.45, 2.75) is 12.6 Å². The Morgan fingerprint density at radius 3 is 2.46 bits per heavy atom. The molecule has 5 nitrogen and oxygen atoms in total. The van der Waals surface area contributed by atoms with Gasteiger partial charge in [-0.1, -0.05) is 54.1 Å². The Bertz CT molecular complexity index is 1000. The molecular formula is C22H19ClN2O3. The van der Waals surface area contributed by atoms with Crippen LogP contribution < -0.4 is 5.32 Å². The van der Waals surface area contributed by atoms with Gasteiger partial charge in [0, 0.05) is 17.8 Å². The van der Waals surface area contributed by atoms with E-state index in [0.29, 0.717) is 24.1 Å². The van der Waals surface area contributed by atoms with Crippen molar-refractivity contribution < 1.29 is 15.0 Å². The predicted molar refractivity (Wildman–Crippen MR) is 109 cm³/mol. The number of hydrogen-bond donors (Lipinski definition) is 3. The normalized spacial score (nSPS) is 15.8. The molecule has 0 bridgehead atoms. The van der Waals surface area contributed by atoms with Crippen LogP contribution in [0.1, 0.15) is 27.7 Å². The lowest BCUT2D eigenvalue weighted by molar-refractivity contribution is 0.0685. The Hall–Kier alpha value is -3.18. The summed E-state index contributed by atoms with van der Waals surface area (Å²) in [4.78, 5) is 14.9. The molecule has 3 aromatic carbocycles. The molecule has 28 heavy (non-hydrogen) atoms. The Morgan fingerprint density at radius 2 is 1.71 bits per heavy atom. The third kappa shape index (κ3) is 3.37. The van der Waals surface area contributed by atoms with E-state index in [1.165, 1.54) is 6.07 Å². The largest absolute Gasteiger partial charge is 0.504 e. The first-order valence-electron chi connectivity index (χ1n) is 8.96. The minimum Gasteiger partial charge on any atom is -0.504 e. The second kappa shape index (κ2) is 7.44. The summed E-state index contributed by atoms with van der Waals surface area (Å²) in [7, 11) is 0. The fourth-order valence-corrected chi connectivity index (χ4v) is 3.67. The van der Waals surface area contributed by atoms with Crippen LogP contribution in [0.4, 0.5) is 5.69 Å². The van der Waals surface area contributed by atoms with E-state index in [2.05, 4.69) is 5.32 Å². The number of para-hydroxylation sites is 1. The molecule has 1 heterocycles. The van der Waals surface area contributed by atoms with Crippen LogP contribution in [0.15, 0.2) is 66.7 Å². The average molecular weight is 395 g/mol. The van der Waals surface area contributed by atoms with E-state index in [-0.39, 0.29) is 22.4 Å². The molecule has 1 atom stereocenters. The zero-order valence-corrected chi connectivity index (χ0v) is 15.7. The van der Waals surface area contributed by atoms with E-state index in [0.717, 1.165) is 11.3 Å². The maximum atomic E-state index is 13.2. The molecule has 3 aromatic rings. The number of phenolic OH excluding ortho intramolecular Hbond substituents is 2. The van der Waals surface area contributed by atoms with Crippen molar-refractivity contribution in [2.24, 2.45) is 0 Å². The lowest BCUT2D eigenvalue weighted by Crippen LogP contribution is -2.44. The van der Waals surface area contributed by atoms with Crippen LogP contribution in [0.3, 0.4) is 0 Å². The van der Waals surface area contributed by atoms with Crippen molar-refractivity contribution in [3.63, 3.8) is 0 Å². The number of halogens is 1. The molecule has 0 unspecified atom stereocenters. The van der Waals surface area contributed by atoms with Crippen molar-refractivity contribution in [1.82, 2.24) is 4.90 Å². The van der Waals surface area contributed by atoms with Crippen molar-refractivity contribution in [2.75, 3.05) is 11.9 Å². The number of rotatable bonds is 4. The Labute approximate surface area is 167 Å². The fourth-order valence-electron chi connectivity index (χ4n) is 3.44. The molecule has 0 saturated carbocycles. The SMILES string of the molecule is O=C1c2ccccc2N[C@@H](c2cc(O)c(O)c(Cl)c2)N1CCc1ccccc1. The minimum atomic E-state index is -0.518. The lowest BCUT2D eigenvalue weighted by Gasteiger charge is -2.38. The molecule has 0 spiro atoms. The smallest absolute Gasteiger partial charge is 0.257 e. The number of phenols is 2. The number of nitrogens with one attached hydrogen (secondary N) is 1. The van der Waals surface area contributed by atoms with Crippen molar-refractivity contribution in [3.05, 3.63) is 88.4 Å². The highest BCUT2D eigenvalue weighted by atomic mass is 35.5. The Kier molecular flexibility index (Phi) is 4.84. The van der Waals surface area contributed by atoms with E-state index in [1.54, 1.807) is 17.0 Å². The first-order chi connectivity index (χ1) is 13.5. The van der Waals surface area contributed by atoms with E-state index in [9.17, 15) is 15.0 Å². The van der Waals surface area contributed by atoms with Gasteiger partial charge in [0.2, 0.25) is 0 Å². The zero-order chi connectivity index (χ0) is 19.7. The third-order valence-corrected chi connectivity index (χ3v) is 5.18. The van der Waals surface area contributed by atoms with Crippen LogP contribution in [-0.4, -0.2) is 27.6 Å². The number of carbonyl (C=O) groups excluding carboxylic acids is 1. The van der Waals surface area contributed by atoms with Gasteiger partial charge >= 0.3 is 0 Å². The number of nitrogens with zero attached hydrogens (tertiary/aromatic N) is 1. The molecule has 1 aliphatic heterocycles. The molecule has 4 rings (SSSR count). The van der Waals surface area contributed by atoms with E-state index >= 15 is 0 Å². The highest BCUT2D eigenvalue weighted by molar-refractivity contribution is 6.32. The van der Waals surface area contributed by atoms with Crippen LogP contribution in [0.5, 0.6) is 11.5 Å². The van der Waals surface area contributed by atoms with Crippen molar-refractivity contribution in [3.8, 4) is 11.5 Å². The first-order valence-corrected chi connectivity index (χ1v) is 9.34. The monoisotopic (exact) mass is 394 g/mol. The van der Waals surface area contributed by atoms with Crippen molar-refractivity contribution in [1.29, 1.82) is 0 Å². The van der Waals surface area contributed by atoms with Gasteiger partial charge in [-0.3, -0.25) is 4.79 Å². The maximum Gasteiger partial charge on any atom is 0.257 e. The predicted octanol–water partition coefficient (Wildman–Crippen LogP) is 4.56. The summed E-state index contributed by atoms with van der Waals surface area (Å²) in [5.74, 6) is -0.790. The van der Waals surface area contributed by atoms with Gasteiger partial charge in [0.1, 0.15) is 6.17 Å². The lowest BCUT2D eigenvalue weighted by atomic mass is 10.0. The van der Waals surface area contributed by atoms with Gasteiger partial charge in [0.05, 0.1) is 10.6 Å². The van der Waals surface area contributed by atoms with Crippen LogP contribution >= 0.6 is 11.6 Å². The number of benzene rings is 3.